The van der Waals surface area contributed by atoms with E-state index in [2.05, 4.69) is 17.6 Å². The van der Waals surface area contributed by atoms with E-state index in [0.717, 1.165) is 11.3 Å². The number of aryl methyl sites for hydroxylation is 2. The molecule has 0 N–H and O–H groups in total. The fraction of sp³-hybridized carbons (Fsp3) is 0.556. The second-order valence-corrected chi connectivity index (χ2v) is 4.75. The molecule has 0 atom stereocenters. The summed E-state index contributed by atoms with van der Waals surface area (Å²) in [5, 5.41) is 0. The van der Waals surface area contributed by atoms with Gasteiger partial charge in [0.05, 0.1) is 4.87 Å². The molecule has 72 valence electrons. The summed E-state index contributed by atoms with van der Waals surface area (Å²) in [7, 11) is 0. The zero-order valence-corrected chi connectivity index (χ0v) is 9.22. The third kappa shape index (κ3) is 2.12. The predicted molar refractivity (Wildman–Crippen MR) is 56.3 cm³/mol. The van der Waals surface area contributed by atoms with E-state index in [0.29, 0.717) is 0 Å². The predicted octanol–water partition coefficient (Wildman–Crippen LogP) is 1.48. The van der Waals surface area contributed by atoms with E-state index in [1.165, 1.54) is 4.57 Å². The molecule has 13 heavy (non-hydrogen) atoms. The van der Waals surface area contributed by atoms with Gasteiger partial charge in [0.2, 0.25) is 0 Å². The van der Waals surface area contributed by atoms with Crippen LogP contribution in [0.15, 0.2) is 11.0 Å². The maximum Gasteiger partial charge on any atom is 0.348 e. The van der Waals surface area contributed by atoms with Crippen LogP contribution >= 0.6 is 12.6 Å². The van der Waals surface area contributed by atoms with Crippen molar-refractivity contribution in [2.75, 3.05) is 0 Å². The van der Waals surface area contributed by atoms with E-state index in [1.54, 1.807) is 6.20 Å². The van der Waals surface area contributed by atoms with Crippen LogP contribution < -0.4 is 5.69 Å². The minimum absolute atomic E-state index is 0.247. The summed E-state index contributed by atoms with van der Waals surface area (Å²) in [6.45, 7) is 7.46. The number of aromatic nitrogens is 2. The normalized spacial score (nSPS) is 11.8. The molecule has 0 aromatic carbocycles. The van der Waals surface area contributed by atoms with Crippen molar-refractivity contribution in [3.05, 3.63) is 27.9 Å². The molecule has 0 saturated carbocycles. The standard InChI is InChI=1S/C9H14N2OS/c1-6-5-11(9(3,4)13)8(12)10-7(6)2/h5,13H,1-4H3. The van der Waals surface area contributed by atoms with Crippen LogP contribution in [-0.2, 0) is 4.87 Å². The Morgan fingerprint density at radius 2 is 2.00 bits per heavy atom. The summed E-state index contributed by atoms with van der Waals surface area (Å²) in [5.74, 6) is 0. The molecule has 0 fully saturated rings. The first-order valence-electron chi connectivity index (χ1n) is 4.12. The number of hydrogen-bond acceptors (Lipinski definition) is 3. The van der Waals surface area contributed by atoms with Crippen molar-refractivity contribution >= 4 is 12.6 Å². The van der Waals surface area contributed by atoms with Gasteiger partial charge in [0.25, 0.3) is 0 Å². The first-order valence-corrected chi connectivity index (χ1v) is 4.57. The molecule has 4 heteroatoms. The van der Waals surface area contributed by atoms with Crippen molar-refractivity contribution in [2.24, 2.45) is 0 Å². The van der Waals surface area contributed by atoms with Gasteiger partial charge < -0.3 is 0 Å². The van der Waals surface area contributed by atoms with Crippen molar-refractivity contribution < 1.29 is 0 Å². The van der Waals surface area contributed by atoms with Gasteiger partial charge in [-0.05, 0) is 33.3 Å². The van der Waals surface area contributed by atoms with Crippen LogP contribution in [0.4, 0.5) is 0 Å². The Hall–Kier alpha value is -0.770. The molecule has 0 amide bonds. The molecule has 0 unspecified atom stereocenters. The minimum atomic E-state index is -0.497. The number of nitrogens with zero attached hydrogens (tertiary/aromatic N) is 2. The highest BCUT2D eigenvalue weighted by atomic mass is 32.1. The summed E-state index contributed by atoms with van der Waals surface area (Å²) in [6.07, 6.45) is 1.79. The molecule has 0 saturated heterocycles. The van der Waals surface area contributed by atoms with Gasteiger partial charge in [-0.2, -0.15) is 17.6 Å². The van der Waals surface area contributed by atoms with Crippen molar-refractivity contribution in [2.45, 2.75) is 32.6 Å². The smallest absolute Gasteiger partial charge is 0.285 e. The maximum atomic E-state index is 11.4. The topological polar surface area (TPSA) is 34.9 Å². The molecule has 0 bridgehead atoms. The molecule has 1 heterocycles. The zero-order chi connectivity index (χ0) is 10.2. The summed E-state index contributed by atoms with van der Waals surface area (Å²) in [5.41, 5.74) is 1.53. The molecule has 1 aromatic heterocycles. The average molecular weight is 198 g/mol. The van der Waals surface area contributed by atoms with Gasteiger partial charge in [-0.3, -0.25) is 4.57 Å². The van der Waals surface area contributed by atoms with Crippen LogP contribution in [0.2, 0.25) is 0 Å². The molecule has 0 aliphatic heterocycles. The number of rotatable bonds is 1. The maximum absolute atomic E-state index is 11.4. The first kappa shape index (κ1) is 10.3. The fourth-order valence-corrected chi connectivity index (χ4v) is 1.16. The lowest BCUT2D eigenvalue weighted by Crippen LogP contribution is -2.34. The molecule has 0 radical (unpaired) electrons. The lowest BCUT2D eigenvalue weighted by Gasteiger charge is -2.21. The van der Waals surface area contributed by atoms with Gasteiger partial charge in [-0.15, -0.1) is 0 Å². The van der Waals surface area contributed by atoms with E-state index in [1.807, 2.05) is 27.7 Å². The Morgan fingerprint density at radius 1 is 1.46 bits per heavy atom. The molecule has 3 nitrogen and oxygen atoms in total. The van der Waals surface area contributed by atoms with E-state index in [9.17, 15) is 4.79 Å². The third-order valence-electron chi connectivity index (χ3n) is 1.95. The fourth-order valence-electron chi connectivity index (χ4n) is 1.02. The van der Waals surface area contributed by atoms with Crippen molar-refractivity contribution in [3.63, 3.8) is 0 Å². The molecular weight excluding hydrogens is 184 g/mol. The van der Waals surface area contributed by atoms with Crippen LogP contribution in [0.3, 0.4) is 0 Å². The monoisotopic (exact) mass is 198 g/mol. The Kier molecular flexibility index (Phi) is 2.52. The van der Waals surface area contributed by atoms with Crippen molar-refractivity contribution in [1.29, 1.82) is 0 Å². The minimum Gasteiger partial charge on any atom is -0.285 e. The van der Waals surface area contributed by atoms with Crippen LogP contribution in [0.5, 0.6) is 0 Å². The lowest BCUT2D eigenvalue weighted by atomic mass is 10.2. The Bertz CT molecular complexity index is 376. The average Bonchev–Trinajstić information content (AvgIpc) is 1.94. The van der Waals surface area contributed by atoms with Gasteiger partial charge in [-0.1, -0.05) is 0 Å². The molecular formula is C9H14N2OS. The van der Waals surface area contributed by atoms with E-state index in [4.69, 9.17) is 0 Å². The van der Waals surface area contributed by atoms with Crippen molar-refractivity contribution in [3.8, 4) is 0 Å². The molecule has 0 aliphatic rings. The van der Waals surface area contributed by atoms with Gasteiger partial charge in [0, 0.05) is 11.9 Å². The highest BCUT2D eigenvalue weighted by Gasteiger charge is 2.16. The van der Waals surface area contributed by atoms with Crippen LogP contribution in [0, 0.1) is 13.8 Å². The lowest BCUT2D eigenvalue weighted by molar-refractivity contribution is 0.507. The summed E-state index contributed by atoms with van der Waals surface area (Å²) in [6, 6.07) is 0. The molecule has 0 spiro atoms. The molecule has 1 rings (SSSR count). The van der Waals surface area contributed by atoms with Crippen LogP contribution in [0.25, 0.3) is 0 Å². The van der Waals surface area contributed by atoms with Crippen LogP contribution in [-0.4, -0.2) is 9.55 Å². The van der Waals surface area contributed by atoms with Gasteiger partial charge in [-0.25, -0.2) is 4.79 Å². The number of thiol groups is 1. The van der Waals surface area contributed by atoms with Crippen LogP contribution in [0.1, 0.15) is 25.1 Å². The Balaban J connectivity index is 3.41. The zero-order valence-electron chi connectivity index (χ0n) is 8.33. The Morgan fingerprint density at radius 3 is 2.46 bits per heavy atom. The SMILES string of the molecule is Cc1cn(C(C)(C)S)c(=O)nc1C. The van der Waals surface area contributed by atoms with Gasteiger partial charge in [0.1, 0.15) is 0 Å². The Labute approximate surface area is 83.2 Å². The largest absolute Gasteiger partial charge is 0.348 e. The summed E-state index contributed by atoms with van der Waals surface area (Å²) < 4.78 is 1.53. The molecule has 1 aromatic rings. The molecule has 0 aliphatic carbocycles. The first-order chi connectivity index (χ1) is 5.82. The van der Waals surface area contributed by atoms with E-state index < -0.39 is 4.87 Å². The van der Waals surface area contributed by atoms with Gasteiger partial charge in [0.15, 0.2) is 0 Å². The van der Waals surface area contributed by atoms with Gasteiger partial charge >= 0.3 is 5.69 Å². The highest BCUT2D eigenvalue weighted by Crippen LogP contribution is 2.17. The number of hydrogen-bond donors (Lipinski definition) is 1. The second kappa shape index (κ2) is 3.18. The second-order valence-electron chi connectivity index (χ2n) is 3.66. The highest BCUT2D eigenvalue weighted by molar-refractivity contribution is 7.81. The van der Waals surface area contributed by atoms with E-state index in [-0.39, 0.29) is 5.69 Å². The van der Waals surface area contributed by atoms with E-state index >= 15 is 0 Å². The quantitative estimate of drug-likeness (QED) is 0.694. The summed E-state index contributed by atoms with van der Waals surface area (Å²) in [4.78, 5) is 14.8. The van der Waals surface area contributed by atoms with Crippen molar-refractivity contribution in [1.82, 2.24) is 9.55 Å². The third-order valence-corrected chi connectivity index (χ3v) is 2.17. The summed E-state index contributed by atoms with van der Waals surface area (Å²) >= 11 is 4.32.